The number of nitrogens with zero attached hydrogens (tertiary/aromatic N) is 21. The number of carbonyl (C=O) groups is 4. The summed E-state index contributed by atoms with van der Waals surface area (Å²) in [5, 5.41) is 6.49. The molecule has 766 valence electrons. The molecule has 38 heteroatoms. The standard InChI is InChI=1S/C19H26N4OS.C18H24N4OS.C15H18N4O2S.2C13H17N3OS.C10H11NOS.C9H9NOS.C7H5NOS.2CH4/c1-12-13(2)17-18(20-14(12)3)25-23(19(17)24)11-21-7-9-22(10-8-21)15(4)16-5-6-16;1-12-10-13(2)19-17-16(12)18(23)22(24-17)11-20-6-8-21(9-7-20)14(3)15-4-5-15;20-14(11-3-4-11)18-8-6-17(7-9-18)10-19-15(21)12-2-1-5-16-13(12)22-19;2*17-13-11-5-4-6-14-12(11)18-16(13)10-9-15-7-2-1-3-8-15;1-5-6(2)9-8(12)4-13-10(9)11-7(5)3;1-5-3-6(2)10-9-8(5)7(11)4-12-9;9-6-4-10-7-5(6)2-1-3-8-7;;/h16H,4-11H2,1-3H3;10,15H,3-9,11H2,1-2H3;1-2,5,11H,3-4,6-10H2;2*4-6H,1-3,7-10H2;4H2,1-3H3;3H,4H2,1-2H3;1-3H,4H2;2*1H4. The van der Waals surface area contributed by atoms with Crippen LogP contribution in [0.3, 0.4) is 0 Å². The SMILES string of the molecule is C.C.C=C(C1CC1)N1CCN(Cn2sc3nc(C)c(C)c(C)c3c2=O)CC1.C=C(C1CC1)N1CCN(Cn2sc3nc(C)cc(C)c3c2=O)CC1.Cc1cc(C)c2c(n1)SCC2=O.Cc1nc2c(c(C)c1C)C(=O)CS2.O=C(C1CC1)N1CCN(Cn2sc3ncccc3c2=O)CC1.O=C1CSc2ncccc21.O=c1c2cccnc2sn1CCN1CCCCC1.O=c1c2cccnc2sn1CCN1CCCCC1. The van der Waals surface area contributed by atoms with Crippen LogP contribution in [-0.4, -0.2) is 257 Å². The highest BCUT2D eigenvalue weighted by atomic mass is 32.2. The molecule has 3 aliphatic carbocycles. The van der Waals surface area contributed by atoms with Gasteiger partial charge in [-0.15, -0.1) is 0 Å². The molecule has 0 atom stereocenters. The number of likely N-dealkylation sites (tertiary alicyclic amines) is 2. The van der Waals surface area contributed by atoms with E-state index in [-0.39, 0.29) is 60.0 Å². The molecule has 0 N–H and O–H groups in total. The molecule has 0 spiro atoms. The van der Waals surface area contributed by atoms with Gasteiger partial charge in [0.15, 0.2) is 17.3 Å². The molecule has 0 bridgehead atoms. The number of allylic oxidation sites excluding steroid dienone is 2. The summed E-state index contributed by atoms with van der Waals surface area (Å²) in [4.78, 5) is 165. The lowest BCUT2D eigenvalue weighted by Crippen LogP contribution is -2.49. The maximum atomic E-state index is 12.8. The molecule has 13 aromatic heterocycles. The molecule has 11 aliphatic rings. The second-order valence-electron chi connectivity index (χ2n) is 38.3. The Morgan fingerprint density at radius 1 is 0.340 bits per heavy atom. The van der Waals surface area contributed by atoms with E-state index in [0.717, 1.165) is 263 Å². The van der Waals surface area contributed by atoms with Gasteiger partial charge in [0.1, 0.15) is 39.2 Å². The van der Waals surface area contributed by atoms with E-state index in [1.54, 1.807) is 64.4 Å². The summed E-state index contributed by atoms with van der Waals surface area (Å²) in [5.41, 5.74) is 16.2. The predicted octanol–water partition coefficient (Wildman–Crippen LogP) is 17.2. The first kappa shape index (κ1) is 108. The molecule has 144 heavy (non-hydrogen) atoms. The molecular formula is C106H135N21O9S8. The topological polar surface area (TPSA) is 307 Å². The zero-order valence-electron chi connectivity index (χ0n) is 82.9. The van der Waals surface area contributed by atoms with Crippen LogP contribution in [0.25, 0.3) is 51.1 Å². The Morgan fingerprint density at radius 3 is 1.19 bits per heavy atom. The maximum Gasteiger partial charge on any atom is 0.271 e. The van der Waals surface area contributed by atoms with Crippen molar-refractivity contribution in [2.45, 2.75) is 209 Å². The van der Waals surface area contributed by atoms with E-state index in [4.69, 9.17) is 0 Å². The van der Waals surface area contributed by atoms with Crippen LogP contribution in [0.4, 0.5) is 0 Å². The lowest BCUT2D eigenvalue weighted by molar-refractivity contribution is -0.134. The molecule has 5 saturated heterocycles. The fraction of sp³-hybridized carbons (Fsp3) is 0.500. The van der Waals surface area contributed by atoms with E-state index in [9.17, 15) is 43.2 Å². The van der Waals surface area contributed by atoms with E-state index in [0.29, 0.717) is 54.5 Å². The van der Waals surface area contributed by atoms with Crippen molar-refractivity contribution in [2.24, 2.45) is 17.8 Å². The third kappa shape index (κ3) is 26.2. The summed E-state index contributed by atoms with van der Waals surface area (Å²) in [6.07, 6.45) is 22.1. The molecule has 8 fully saturated rings. The van der Waals surface area contributed by atoms with Gasteiger partial charge in [-0.05, 0) is 323 Å². The summed E-state index contributed by atoms with van der Waals surface area (Å²) in [6.45, 7) is 49.9. The van der Waals surface area contributed by atoms with Gasteiger partial charge in [-0.2, -0.15) is 0 Å². The zero-order chi connectivity index (χ0) is 99.7. The van der Waals surface area contributed by atoms with Crippen LogP contribution >= 0.6 is 92.9 Å². The number of hydrogen-bond donors (Lipinski definition) is 0. The average molecular weight is 2100 g/mol. The lowest BCUT2D eigenvalue weighted by Gasteiger charge is -2.37. The first-order valence-electron chi connectivity index (χ1n) is 49.5. The fourth-order valence-corrected chi connectivity index (χ4v) is 26.9. The van der Waals surface area contributed by atoms with Crippen molar-refractivity contribution in [2.75, 3.05) is 135 Å². The molecule has 24 rings (SSSR count). The molecule has 0 aromatic carbocycles. The van der Waals surface area contributed by atoms with Gasteiger partial charge in [-0.3, -0.25) is 65.8 Å². The average Bonchev–Trinajstić information content (AvgIpc) is 1.60. The van der Waals surface area contributed by atoms with Gasteiger partial charge in [0.05, 0.1) is 80.9 Å². The van der Waals surface area contributed by atoms with Crippen molar-refractivity contribution in [1.82, 2.24) is 98.9 Å². The highest BCUT2D eigenvalue weighted by Gasteiger charge is 2.37. The minimum atomic E-state index is 0. The number of aromatic nitrogens is 13. The van der Waals surface area contributed by atoms with Crippen LogP contribution in [0.2, 0.25) is 0 Å². The molecular weight excluding hydrogens is 1970 g/mol. The van der Waals surface area contributed by atoms with E-state index >= 15 is 0 Å². The highest BCUT2D eigenvalue weighted by Crippen LogP contribution is 2.40. The van der Waals surface area contributed by atoms with E-state index < -0.39 is 0 Å². The largest absolute Gasteiger partial charge is 0.372 e. The Bertz CT molecular complexity index is 7050. The zero-order valence-corrected chi connectivity index (χ0v) is 89.5. The minimum Gasteiger partial charge on any atom is -0.372 e. The van der Waals surface area contributed by atoms with Crippen LogP contribution < -0.4 is 27.8 Å². The summed E-state index contributed by atoms with van der Waals surface area (Å²) < 4.78 is 9.17. The van der Waals surface area contributed by atoms with Gasteiger partial charge in [0.25, 0.3) is 27.8 Å². The Kier molecular flexibility index (Phi) is 37.0. The van der Waals surface area contributed by atoms with Gasteiger partial charge in [0.2, 0.25) is 5.91 Å². The van der Waals surface area contributed by atoms with Crippen molar-refractivity contribution in [3.05, 3.63) is 235 Å². The summed E-state index contributed by atoms with van der Waals surface area (Å²) in [6, 6.07) is 18.6. The lowest BCUT2D eigenvalue weighted by atomic mass is 10.0. The van der Waals surface area contributed by atoms with Crippen LogP contribution in [-0.2, 0) is 37.9 Å². The number of amides is 1. The predicted molar refractivity (Wildman–Crippen MR) is 590 cm³/mol. The van der Waals surface area contributed by atoms with Crippen LogP contribution in [0, 0.1) is 87.0 Å². The Balaban J connectivity index is 0.000000125. The first-order valence-corrected chi connectivity index (χ1v) is 56.4. The molecule has 13 aromatic rings. The third-order valence-electron chi connectivity index (χ3n) is 28.1. The van der Waals surface area contributed by atoms with Crippen LogP contribution in [0.5, 0.6) is 0 Å². The molecule has 21 heterocycles. The van der Waals surface area contributed by atoms with E-state index in [2.05, 4.69) is 87.3 Å². The number of ketones is 3. The van der Waals surface area contributed by atoms with Crippen molar-refractivity contribution < 1.29 is 19.2 Å². The Hall–Kier alpha value is -9.94. The molecule has 0 unspecified atom stereocenters. The monoisotopic (exact) mass is 2100 g/mol. The summed E-state index contributed by atoms with van der Waals surface area (Å²) in [7, 11) is 0. The second kappa shape index (κ2) is 49.3. The van der Waals surface area contributed by atoms with E-state index in [1.165, 1.54) is 171 Å². The smallest absolute Gasteiger partial charge is 0.271 e. The number of thioether (sulfide) groups is 3. The number of Topliss-reactive ketones (excluding diaryl/α,β-unsaturated/α-hetero) is 3. The molecule has 3 saturated carbocycles. The van der Waals surface area contributed by atoms with Crippen molar-refractivity contribution in [1.29, 1.82) is 0 Å². The number of pyridine rings is 8. The Labute approximate surface area is 875 Å². The van der Waals surface area contributed by atoms with Crippen LogP contribution in [0.1, 0.15) is 179 Å². The third-order valence-corrected chi connectivity index (χ3v) is 36.2. The second-order valence-corrected chi connectivity index (χ2v) is 46.3. The number of piperazine rings is 3. The normalized spacial score (nSPS) is 17.5. The van der Waals surface area contributed by atoms with E-state index in [1.807, 2.05) is 138 Å². The van der Waals surface area contributed by atoms with Gasteiger partial charge in [-0.25, -0.2) is 51.7 Å². The molecule has 1 amide bonds. The van der Waals surface area contributed by atoms with Crippen molar-refractivity contribution >= 4 is 167 Å². The van der Waals surface area contributed by atoms with Crippen molar-refractivity contribution in [3.8, 4) is 0 Å². The number of hydrogen-bond acceptors (Lipinski definition) is 32. The fourth-order valence-electron chi connectivity index (χ4n) is 18.9. The number of rotatable bonds is 17. The van der Waals surface area contributed by atoms with Crippen LogP contribution in [0.15, 0.2) is 149 Å². The number of fused-ring (bicyclic) bond motifs is 8. The summed E-state index contributed by atoms with van der Waals surface area (Å²) in [5.74, 6) is 4.42. The number of carbonyl (C=O) groups excluding carboxylic acids is 4. The van der Waals surface area contributed by atoms with Gasteiger partial charge < -0.3 is 24.5 Å². The molecule has 0 radical (unpaired) electrons. The number of aryl methyl sites for hydroxylation is 7. The highest BCUT2D eigenvalue weighted by molar-refractivity contribution is 8.01. The maximum absolute atomic E-state index is 12.8. The Morgan fingerprint density at radius 2 is 0.715 bits per heavy atom. The molecule has 8 aliphatic heterocycles. The van der Waals surface area contributed by atoms with Gasteiger partial charge in [-0.1, -0.05) is 76.1 Å². The minimum absolute atomic E-state index is 0. The van der Waals surface area contributed by atoms with Gasteiger partial charge in [0, 0.05) is 170 Å². The van der Waals surface area contributed by atoms with Gasteiger partial charge >= 0.3 is 0 Å². The molecule has 30 nitrogen and oxygen atoms in total. The first-order chi connectivity index (χ1) is 68.6. The summed E-state index contributed by atoms with van der Waals surface area (Å²) >= 11 is 12.0. The quantitative estimate of drug-likeness (QED) is 0.0817. The van der Waals surface area contributed by atoms with Crippen molar-refractivity contribution in [3.63, 3.8) is 0 Å². The number of piperidine rings is 2.